The van der Waals surface area contributed by atoms with Crippen LogP contribution in [0.25, 0.3) is 0 Å². The van der Waals surface area contributed by atoms with E-state index in [9.17, 15) is 18.0 Å². The summed E-state index contributed by atoms with van der Waals surface area (Å²) in [5.74, 6) is 0.343. The molecule has 172 valence electrons. The van der Waals surface area contributed by atoms with Gasteiger partial charge in [-0.15, -0.1) is 0 Å². The number of ether oxygens (including phenoxy) is 1. The summed E-state index contributed by atoms with van der Waals surface area (Å²) >= 11 is 0. The van der Waals surface area contributed by atoms with E-state index in [-0.39, 0.29) is 23.8 Å². The Morgan fingerprint density at radius 2 is 1.62 bits per heavy atom. The summed E-state index contributed by atoms with van der Waals surface area (Å²) in [6, 6.07) is 12.9. The normalized spacial score (nSPS) is 19.3. The molecular formula is C23H29N3O5S. The highest BCUT2D eigenvalue weighted by molar-refractivity contribution is 7.89. The first-order valence-electron chi connectivity index (χ1n) is 10.5. The molecule has 2 amide bonds. The average molecular weight is 460 g/mol. The third kappa shape index (κ3) is 6.30. The van der Waals surface area contributed by atoms with Crippen LogP contribution in [0.3, 0.4) is 0 Å². The summed E-state index contributed by atoms with van der Waals surface area (Å²) in [6.45, 7) is 4.96. The lowest BCUT2D eigenvalue weighted by atomic mass is 9.94. The van der Waals surface area contributed by atoms with E-state index in [0.717, 1.165) is 12.0 Å². The van der Waals surface area contributed by atoms with Crippen molar-refractivity contribution in [1.29, 1.82) is 0 Å². The molecule has 1 aliphatic rings. The van der Waals surface area contributed by atoms with Crippen molar-refractivity contribution >= 4 is 27.5 Å². The van der Waals surface area contributed by atoms with Gasteiger partial charge in [0.15, 0.2) is 6.61 Å². The van der Waals surface area contributed by atoms with Crippen molar-refractivity contribution in [2.24, 2.45) is 17.6 Å². The standard InChI is InChI=1S/C23H29N3O5S/c1-16-11-17(2)14-26(13-16)32(29,30)21-9-5-19(6-10-21)25-23(28)15-31-20-7-3-18(4-8-20)12-22(24)27/h3-10,16-17H,11-15H2,1-2H3,(H2,24,27)(H,25,28). The highest BCUT2D eigenvalue weighted by Crippen LogP contribution is 2.27. The second-order valence-electron chi connectivity index (χ2n) is 8.42. The molecule has 1 aliphatic heterocycles. The van der Waals surface area contributed by atoms with Crippen LogP contribution >= 0.6 is 0 Å². The summed E-state index contributed by atoms with van der Waals surface area (Å²) < 4.78 is 32.9. The molecule has 0 aliphatic carbocycles. The van der Waals surface area contributed by atoms with Crippen LogP contribution in [0.1, 0.15) is 25.8 Å². The molecule has 8 nitrogen and oxygen atoms in total. The minimum absolute atomic E-state index is 0.141. The second kappa shape index (κ2) is 10.1. The Kier molecular flexibility index (Phi) is 7.52. The average Bonchev–Trinajstić information content (AvgIpc) is 2.72. The second-order valence-corrected chi connectivity index (χ2v) is 10.4. The van der Waals surface area contributed by atoms with Gasteiger partial charge in [-0.3, -0.25) is 9.59 Å². The Morgan fingerprint density at radius 3 is 2.19 bits per heavy atom. The van der Waals surface area contributed by atoms with Crippen LogP contribution in [0, 0.1) is 11.8 Å². The minimum Gasteiger partial charge on any atom is -0.484 e. The van der Waals surface area contributed by atoms with Crippen molar-refractivity contribution in [3.8, 4) is 5.75 Å². The summed E-state index contributed by atoms with van der Waals surface area (Å²) in [5, 5.41) is 2.69. The molecule has 0 radical (unpaired) electrons. The van der Waals surface area contributed by atoms with Crippen LogP contribution in [0.2, 0.25) is 0 Å². The Balaban J connectivity index is 1.54. The number of rotatable bonds is 8. The fraction of sp³-hybridized carbons (Fsp3) is 0.391. The lowest BCUT2D eigenvalue weighted by Crippen LogP contribution is -2.42. The molecule has 1 saturated heterocycles. The first-order valence-corrected chi connectivity index (χ1v) is 12.0. The van der Waals surface area contributed by atoms with Crippen molar-refractivity contribution in [3.63, 3.8) is 0 Å². The molecule has 3 rings (SSSR count). The molecule has 0 bridgehead atoms. The predicted octanol–water partition coefficient (Wildman–Crippen LogP) is 2.40. The van der Waals surface area contributed by atoms with Crippen molar-refractivity contribution in [2.75, 3.05) is 25.0 Å². The number of benzene rings is 2. The molecule has 0 aromatic heterocycles. The highest BCUT2D eigenvalue weighted by Gasteiger charge is 2.31. The maximum atomic E-state index is 12.9. The van der Waals surface area contributed by atoms with Gasteiger partial charge in [0.25, 0.3) is 5.91 Å². The number of hydrogen-bond donors (Lipinski definition) is 2. The van der Waals surface area contributed by atoms with E-state index >= 15 is 0 Å². The van der Waals surface area contributed by atoms with Gasteiger partial charge < -0.3 is 15.8 Å². The van der Waals surface area contributed by atoms with Gasteiger partial charge >= 0.3 is 0 Å². The predicted molar refractivity (Wildman–Crippen MR) is 122 cm³/mol. The number of piperidine rings is 1. The van der Waals surface area contributed by atoms with Crippen molar-refractivity contribution < 1.29 is 22.7 Å². The van der Waals surface area contributed by atoms with Crippen LogP contribution in [-0.4, -0.2) is 44.2 Å². The Morgan fingerprint density at radius 1 is 1.03 bits per heavy atom. The van der Waals surface area contributed by atoms with Crippen molar-refractivity contribution in [3.05, 3.63) is 54.1 Å². The van der Waals surface area contributed by atoms with E-state index in [4.69, 9.17) is 10.5 Å². The Bertz CT molecular complexity index is 1040. The molecule has 1 heterocycles. The lowest BCUT2D eigenvalue weighted by Gasteiger charge is -2.34. The number of carbonyl (C=O) groups excluding carboxylic acids is 2. The molecule has 2 atom stereocenters. The smallest absolute Gasteiger partial charge is 0.262 e. The maximum Gasteiger partial charge on any atom is 0.262 e. The van der Waals surface area contributed by atoms with Crippen LogP contribution in [0.5, 0.6) is 5.75 Å². The number of sulfonamides is 1. The number of hydrogen-bond acceptors (Lipinski definition) is 5. The van der Waals surface area contributed by atoms with Crippen LogP contribution in [0.15, 0.2) is 53.4 Å². The van der Waals surface area contributed by atoms with E-state index in [2.05, 4.69) is 19.2 Å². The summed E-state index contributed by atoms with van der Waals surface area (Å²) in [7, 11) is -3.56. The van der Waals surface area contributed by atoms with Crippen LogP contribution in [0.4, 0.5) is 5.69 Å². The molecule has 2 unspecified atom stereocenters. The lowest BCUT2D eigenvalue weighted by molar-refractivity contribution is -0.118. The van der Waals surface area contributed by atoms with Gasteiger partial charge in [0.2, 0.25) is 15.9 Å². The summed E-state index contributed by atoms with van der Waals surface area (Å²) in [5.41, 5.74) is 6.40. The SMILES string of the molecule is CC1CC(C)CN(S(=O)(=O)c2ccc(NC(=O)COc3ccc(CC(N)=O)cc3)cc2)C1. The van der Waals surface area contributed by atoms with E-state index in [1.807, 2.05) is 0 Å². The van der Waals surface area contributed by atoms with Gasteiger partial charge in [0.1, 0.15) is 5.75 Å². The zero-order valence-electron chi connectivity index (χ0n) is 18.3. The Labute approximate surface area is 188 Å². The molecule has 1 fully saturated rings. The molecule has 0 saturated carbocycles. The van der Waals surface area contributed by atoms with Crippen LogP contribution < -0.4 is 15.8 Å². The minimum atomic E-state index is -3.56. The van der Waals surface area contributed by atoms with Gasteiger partial charge in [0, 0.05) is 18.8 Å². The summed E-state index contributed by atoms with van der Waals surface area (Å²) in [6.07, 6.45) is 1.17. The number of nitrogens with zero attached hydrogens (tertiary/aromatic N) is 1. The molecule has 0 spiro atoms. The third-order valence-electron chi connectivity index (χ3n) is 5.28. The first-order chi connectivity index (χ1) is 15.1. The highest BCUT2D eigenvalue weighted by atomic mass is 32.2. The summed E-state index contributed by atoms with van der Waals surface area (Å²) in [4.78, 5) is 23.3. The van der Waals surface area contributed by atoms with Gasteiger partial charge in [-0.1, -0.05) is 26.0 Å². The number of nitrogens with two attached hydrogens (primary N) is 1. The number of amides is 2. The van der Waals surface area contributed by atoms with Gasteiger partial charge in [-0.25, -0.2) is 8.42 Å². The third-order valence-corrected chi connectivity index (χ3v) is 7.13. The molecule has 9 heteroatoms. The molecular weight excluding hydrogens is 430 g/mol. The Hall–Kier alpha value is -2.91. The molecule has 2 aromatic rings. The number of primary amides is 1. The number of carbonyl (C=O) groups is 2. The monoisotopic (exact) mass is 459 g/mol. The molecule has 2 aromatic carbocycles. The van der Waals surface area contributed by atoms with E-state index in [1.54, 1.807) is 40.7 Å². The fourth-order valence-corrected chi connectivity index (χ4v) is 5.59. The molecule has 3 N–H and O–H groups in total. The van der Waals surface area contributed by atoms with Gasteiger partial charge in [-0.05, 0) is 60.2 Å². The van der Waals surface area contributed by atoms with Crippen LogP contribution in [-0.2, 0) is 26.0 Å². The van der Waals surface area contributed by atoms with E-state index in [1.165, 1.54) is 12.1 Å². The van der Waals surface area contributed by atoms with Gasteiger partial charge in [-0.2, -0.15) is 4.31 Å². The van der Waals surface area contributed by atoms with Gasteiger partial charge in [0.05, 0.1) is 11.3 Å². The quantitative estimate of drug-likeness (QED) is 0.628. The first kappa shape index (κ1) is 23.7. The topological polar surface area (TPSA) is 119 Å². The maximum absolute atomic E-state index is 12.9. The zero-order valence-corrected chi connectivity index (χ0v) is 19.1. The number of nitrogens with one attached hydrogen (secondary N) is 1. The van der Waals surface area contributed by atoms with E-state index in [0.29, 0.717) is 36.4 Å². The largest absolute Gasteiger partial charge is 0.484 e. The van der Waals surface area contributed by atoms with Crippen molar-refractivity contribution in [2.45, 2.75) is 31.6 Å². The van der Waals surface area contributed by atoms with Crippen molar-refractivity contribution in [1.82, 2.24) is 4.31 Å². The van der Waals surface area contributed by atoms with E-state index < -0.39 is 15.9 Å². The number of anilines is 1. The molecule has 32 heavy (non-hydrogen) atoms. The zero-order chi connectivity index (χ0) is 23.3. The fourth-order valence-electron chi connectivity index (χ4n) is 3.91.